The van der Waals surface area contributed by atoms with Gasteiger partial charge in [-0.3, -0.25) is 0 Å². The lowest BCUT2D eigenvalue weighted by molar-refractivity contribution is 0.221. The molecule has 1 saturated carbocycles. The molecular weight excluding hydrogens is 164 g/mol. The van der Waals surface area contributed by atoms with Crippen molar-refractivity contribution in [2.45, 2.75) is 25.3 Å². The van der Waals surface area contributed by atoms with Gasteiger partial charge in [0.2, 0.25) is 0 Å². The van der Waals surface area contributed by atoms with Crippen molar-refractivity contribution in [2.75, 3.05) is 33.8 Å². The predicted octanol–water partition coefficient (Wildman–Crippen LogP) is 0.299. The second-order valence-corrected chi connectivity index (χ2v) is 4.16. The van der Waals surface area contributed by atoms with Crippen LogP contribution >= 0.6 is 0 Å². The fourth-order valence-corrected chi connectivity index (χ4v) is 1.54. The number of hydrogen-bond acceptors (Lipinski definition) is 3. The molecule has 1 atom stereocenters. The van der Waals surface area contributed by atoms with Crippen molar-refractivity contribution in [3.63, 3.8) is 0 Å². The summed E-state index contributed by atoms with van der Waals surface area (Å²) in [5, 5.41) is 12.1. The second kappa shape index (κ2) is 5.58. The molecule has 0 radical (unpaired) electrons. The smallest absolute Gasteiger partial charge is 0.0585 e. The van der Waals surface area contributed by atoms with Gasteiger partial charge in [-0.2, -0.15) is 0 Å². The summed E-state index contributed by atoms with van der Waals surface area (Å²) in [5.41, 5.74) is 0. The molecule has 0 aromatic rings. The first-order valence-corrected chi connectivity index (χ1v) is 5.23. The summed E-state index contributed by atoms with van der Waals surface area (Å²) in [6, 6.07) is 0.265. The van der Waals surface area contributed by atoms with Gasteiger partial charge in [-0.05, 0) is 45.8 Å². The van der Waals surface area contributed by atoms with E-state index in [0.717, 1.165) is 18.9 Å². The molecule has 13 heavy (non-hydrogen) atoms. The fraction of sp³-hybridized carbons (Fsp3) is 1.00. The van der Waals surface area contributed by atoms with Crippen LogP contribution in [0.25, 0.3) is 0 Å². The van der Waals surface area contributed by atoms with Crippen molar-refractivity contribution in [2.24, 2.45) is 5.92 Å². The predicted molar refractivity (Wildman–Crippen MR) is 54.8 cm³/mol. The highest BCUT2D eigenvalue weighted by Crippen LogP contribution is 2.29. The second-order valence-electron chi connectivity index (χ2n) is 4.16. The van der Waals surface area contributed by atoms with Crippen molar-refractivity contribution < 1.29 is 5.11 Å². The number of nitrogens with one attached hydrogen (secondary N) is 1. The van der Waals surface area contributed by atoms with Gasteiger partial charge in [-0.1, -0.05) is 0 Å². The first-order chi connectivity index (χ1) is 6.26. The summed E-state index contributed by atoms with van der Waals surface area (Å²) in [5.74, 6) is 0.965. The highest BCUT2D eigenvalue weighted by molar-refractivity contribution is 4.76. The van der Waals surface area contributed by atoms with Crippen molar-refractivity contribution in [3.05, 3.63) is 0 Å². The summed E-state index contributed by atoms with van der Waals surface area (Å²) in [4.78, 5) is 2.37. The van der Waals surface area contributed by atoms with Crippen LogP contribution in [0.15, 0.2) is 0 Å². The minimum atomic E-state index is 0.244. The first-order valence-electron chi connectivity index (χ1n) is 5.23. The van der Waals surface area contributed by atoms with E-state index in [0.29, 0.717) is 0 Å². The van der Waals surface area contributed by atoms with Crippen LogP contribution in [0.2, 0.25) is 0 Å². The molecule has 0 aromatic carbocycles. The Labute approximate surface area is 81.1 Å². The van der Waals surface area contributed by atoms with Crippen LogP contribution in [-0.2, 0) is 0 Å². The quantitative estimate of drug-likeness (QED) is 0.600. The Kier molecular flexibility index (Phi) is 4.70. The van der Waals surface area contributed by atoms with Gasteiger partial charge in [0, 0.05) is 12.6 Å². The minimum absolute atomic E-state index is 0.244. The molecular formula is C10H22N2O. The highest BCUT2D eigenvalue weighted by Gasteiger charge is 2.22. The molecule has 0 aliphatic heterocycles. The molecule has 1 aliphatic carbocycles. The molecule has 1 aliphatic rings. The van der Waals surface area contributed by atoms with Crippen LogP contribution < -0.4 is 5.32 Å². The lowest BCUT2D eigenvalue weighted by Gasteiger charge is -2.19. The molecule has 78 valence electrons. The molecule has 1 rings (SSSR count). The van der Waals surface area contributed by atoms with Gasteiger partial charge < -0.3 is 15.3 Å². The van der Waals surface area contributed by atoms with Crippen LogP contribution in [0.1, 0.15) is 19.3 Å². The lowest BCUT2D eigenvalue weighted by Crippen LogP contribution is -2.34. The standard InChI is InChI=1S/C10H22N2O/c1-11-10(8-13)5-6-12(2)7-9-3-4-9/h9-11,13H,3-8H2,1-2H3. The van der Waals surface area contributed by atoms with E-state index in [2.05, 4.69) is 17.3 Å². The van der Waals surface area contributed by atoms with Crippen LogP contribution in [0.4, 0.5) is 0 Å². The van der Waals surface area contributed by atoms with Crippen molar-refractivity contribution in [1.29, 1.82) is 0 Å². The summed E-state index contributed by atoms with van der Waals surface area (Å²) >= 11 is 0. The molecule has 3 heteroatoms. The Morgan fingerprint density at radius 1 is 1.54 bits per heavy atom. The summed E-state index contributed by atoms with van der Waals surface area (Å²) < 4.78 is 0. The molecule has 0 amide bonds. The third kappa shape index (κ3) is 4.60. The monoisotopic (exact) mass is 186 g/mol. The van der Waals surface area contributed by atoms with E-state index in [1.165, 1.54) is 19.4 Å². The lowest BCUT2D eigenvalue weighted by atomic mass is 10.2. The van der Waals surface area contributed by atoms with E-state index in [4.69, 9.17) is 5.11 Å². The topological polar surface area (TPSA) is 35.5 Å². The molecule has 0 bridgehead atoms. The van der Waals surface area contributed by atoms with Gasteiger partial charge >= 0.3 is 0 Å². The maximum absolute atomic E-state index is 8.95. The Morgan fingerprint density at radius 3 is 2.69 bits per heavy atom. The highest BCUT2D eigenvalue weighted by atomic mass is 16.3. The SMILES string of the molecule is CNC(CO)CCN(C)CC1CC1. The Hall–Kier alpha value is -0.120. The van der Waals surface area contributed by atoms with Crippen LogP contribution in [0.5, 0.6) is 0 Å². The van der Waals surface area contributed by atoms with Crippen LogP contribution in [-0.4, -0.2) is 49.8 Å². The molecule has 0 spiro atoms. The van der Waals surface area contributed by atoms with Gasteiger partial charge in [0.25, 0.3) is 0 Å². The van der Waals surface area contributed by atoms with Crippen molar-refractivity contribution in [1.82, 2.24) is 10.2 Å². The first kappa shape index (κ1) is 11.0. The summed E-state index contributed by atoms with van der Waals surface area (Å²) in [6.07, 6.45) is 3.87. The average molecular weight is 186 g/mol. The molecule has 0 heterocycles. The zero-order chi connectivity index (χ0) is 9.68. The van der Waals surface area contributed by atoms with E-state index < -0.39 is 0 Å². The Bertz CT molecular complexity index is 133. The van der Waals surface area contributed by atoms with Gasteiger partial charge in [-0.25, -0.2) is 0 Å². The van der Waals surface area contributed by atoms with Gasteiger partial charge in [-0.15, -0.1) is 0 Å². The number of likely N-dealkylation sites (N-methyl/N-ethyl adjacent to an activating group) is 1. The molecule has 1 unspecified atom stereocenters. The normalized spacial score (nSPS) is 19.4. The average Bonchev–Trinajstić information content (AvgIpc) is 2.90. The van der Waals surface area contributed by atoms with E-state index in [1.807, 2.05) is 7.05 Å². The summed E-state index contributed by atoms with van der Waals surface area (Å²) in [7, 11) is 4.07. The summed E-state index contributed by atoms with van der Waals surface area (Å²) in [6.45, 7) is 2.57. The molecule has 0 aromatic heterocycles. The minimum Gasteiger partial charge on any atom is -0.395 e. The van der Waals surface area contributed by atoms with E-state index >= 15 is 0 Å². The zero-order valence-electron chi connectivity index (χ0n) is 8.79. The number of rotatable bonds is 7. The largest absolute Gasteiger partial charge is 0.395 e. The fourth-order valence-electron chi connectivity index (χ4n) is 1.54. The van der Waals surface area contributed by atoms with Crippen molar-refractivity contribution >= 4 is 0 Å². The third-order valence-electron chi connectivity index (χ3n) is 2.75. The molecule has 2 N–H and O–H groups in total. The van der Waals surface area contributed by atoms with Gasteiger partial charge in [0.05, 0.1) is 6.61 Å². The maximum Gasteiger partial charge on any atom is 0.0585 e. The number of aliphatic hydroxyl groups is 1. The van der Waals surface area contributed by atoms with Gasteiger partial charge in [0.15, 0.2) is 0 Å². The Balaban J connectivity index is 2.01. The number of aliphatic hydroxyl groups excluding tert-OH is 1. The van der Waals surface area contributed by atoms with Crippen molar-refractivity contribution in [3.8, 4) is 0 Å². The Morgan fingerprint density at radius 2 is 2.23 bits per heavy atom. The number of nitrogens with zero attached hydrogens (tertiary/aromatic N) is 1. The molecule has 0 saturated heterocycles. The number of hydrogen-bond donors (Lipinski definition) is 2. The molecule has 1 fully saturated rings. The maximum atomic E-state index is 8.95. The molecule has 3 nitrogen and oxygen atoms in total. The van der Waals surface area contributed by atoms with E-state index in [-0.39, 0.29) is 12.6 Å². The van der Waals surface area contributed by atoms with E-state index in [9.17, 15) is 0 Å². The van der Waals surface area contributed by atoms with Crippen LogP contribution in [0, 0.1) is 5.92 Å². The zero-order valence-corrected chi connectivity index (χ0v) is 8.79. The van der Waals surface area contributed by atoms with Crippen LogP contribution in [0.3, 0.4) is 0 Å². The van der Waals surface area contributed by atoms with E-state index in [1.54, 1.807) is 0 Å². The van der Waals surface area contributed by atoms with Gasteiger partial charge in [0.1, 0.15) is 0 Å². The third-order valence-corrected chi connectivity index (χ3v) is 2.75.